The summed E-state index contributed by atoms with van der Waals surface area (Å²) in [5, 5.41) is 2.95. The predicted octanol–water partition coefficient (Wildman–Crippen LogP) is 0.796. The van der Waals surface area contributed by atoms with Crippen molar-refractivity contribution in [3.8, 4) is 0 Å². The van der Waals surface area contributed by atoms with Gasteiger partial charge in [0.15, 0.2) is 39.2 Å². The third kappa shape index (κ3) is 4.61. The molecule has 0 bridgehead atoms. The normalized spacial score (nSPS) is 23.2. The molecular weight excluding hydrogens is 513 g/mol. The highest BCUT2D eigenvalue weighted by atomic mass is 127. The molecule has 0 radical (unpaired) electrons. The highest BCUT2D eigenvalue weighted by Gasteiger charge is 2.51. The van der Waals surface area contributed by atoms with Crippen LogP contribution >= 0.6 is 22.6 Å². The molecule has 0 amide bonds. The zero-order valence-electron chi connectivity index (χ0n) is 16.6. The molecule has 1 N–H and O–H groups in total. The first-order chi connectivity index (χ1) is 14.2. The second-order valence-electron chi connectivity index (χ2n) is 6.43. The number of carbonyl (C=O) groups excluding carboxylic acids is 3. The number of fused-ring (bicyclic) bond motifs is 1. The van der Waals surface area contributed by atoms with E-state index in [0.717, 1.165) is 0 Å². The number of ether oxygens (including phenoxy) is 4. The number of hydrogen-bond acceptors (Lipinski definition) is 11. The van der Waals surface area contributed by atoms with Crippen molar-refractivity contribution >= 4 is 57.5 Å². The smallest absolute Gasteiger partial charge is 0.303 e. The summed E-state index contributed by atoms with van der Waals surface area (Å²) in [5.74, 6) is -1.21. The molecule has 0 unspecified atom stereocenters. The Labute approximate surface area is 184 Å². The van der Waals surface area contributed by atoms with E-state index in [1.54, 1.807) is 11.6 Å². The number of esters is 3. The van der Waals surface area contributed by atoms with E-state index in [-0.39, 0.29) is 6.61 Å². The highest BCUT2D eigenvalue weighted by Crippen LogP contribution is 2.36. The van der Waals surface area contributed by atoms with Crippen LogP contribution in [-0.4, -0.2) is 69.4 Å². The second kappa shape index (κ2) is 9.07. The number of nitrogens with one attached hydrogen (secondary N) is 1. The van der Waals surface area contributed by atoms with Crippen molar-refractivity contribution in [2.45, 2.75) is 45.3 Å². The van der Waals surface area contributed by atoms with Crippen molar-refractivity contribution in [3.05, 3.63) is 10.2 Å². The molecule has 1 saturated heterocycles. The number of rotatable bonds is 6. The number of carbonyl (C=O) groups is 3. The summed E-state index contributed by atoms with van der Waals surface area (Å²) < 4.78 is 23.9. The second-order valence-corrected chi connectivity index (χ2v) is 7.40. The Morgan fingerprint density at radius 2 is 1.80 bits per heavy atom. The van der Waals surface area contributed by atoms with Gasteiger partial charge in [0, 0.05) is 50.4 Å². The molecule has 1 aliphatic rings. The van der Waals surface area contributed by atoms with Gasteiger partial charge in [-0.25, -0.2) is 15.0 Å². The lowest BCUT2D eigenvalue weighted by atomic mass is 10.1. The van der Waals surface area contributed by atoms with E-state index >= 15 is 0 Å². The van der Waals surface area contributed by atoms with Crippen LogP contribution in [-0.2, 0) is 33.3 Å². The molecule has 0 aliphatic carbocycles. The van der Waals surface area contributed by atoms with Crippen LogP contribution < -0.4 is 5.32 Å². The number of halogens is 1. The van der Waals surface area contributed by atoms with E-state index in [1.165, 1.54) is 27.1 Å². The van der Waals surface area contributed by atoms with Gasteiger partial charge in [-0.05, 0) is 0 Å². The Balaban J connectivity index is 2.05. The molecule has 0 aromatic carbocycles. The monoisotopic (exact) mass is 533 g/mol. The molecule has 2 aromatic rings. The minimum atomic E-state index is -1.02. The third-order valence-corrected chi connectivity index (χ3v) is 4.73. The van der Waals surface area contributed by atoms with Crippen LogP contribution in [0.4, 0.5) is 5.82 Å². The van der Waals surface area contributed by atoms with Crippen LogP contribution in [0.25, 0.3) is 11.2 Å². The predicted molar refractivity (Wildman–Crippen MR) is 109 cm³/mol. The van der Waals surface area contributed by atoms with Crippen LogP contribution in [0.2, 0.25) is 0 Å². The molecule has 4 atom stereocenters. The lowest BCUT2D eigenvalue weighted by molar-refractivity contribution is -0.166. The summed E-state index contributed by atoms with van der Waals surface area (Å²) in [5.41, 5.74) is 0.908. The van der Waals surface area contributed by atoms with Gasteiger partial charge in [-0.15, -0.1) is 0 Å². The van der Waals surface area contributed by atoms with Crippen LogP contribution in [0.3, 0.4) is 0 Å². The van der Waals surface area contributed by atoms with Gasteiger partial charge in [-0.2, -0.15) is 0 Å². The molecule has 30 heavy (non-hydrogen) atoms. The average Bonchev–Trinajstić information content (AvgIpc) is 3.20. The van der Waals surface area contributed by atoms with Gasteiger partial charge in [-0.1, -0.05) is 0 Å². The molecule has 1 fully saturated rings. The number of imidazole rings is 1. The maximum absolute atomic E-state index is 11.8. The van der Waals surface area contributed by atoms with Gasteiger partial charge >= 0.3 is 17.9 Å². The Kier molecular flexibility index (Phi) is 6.70. The maximum Gasteiger partial charge on any atom is 0.303 e. The van der Waals surface area contributed by atoms with Crippen LogP contribution in [0, 0.1) is 3.83 Å². The van der Waals surface area contributed by atoms with Crippen LogP contribution in [0.15, 0.2) is 6.33 Å². The van der Waals surface area contributed by atoms with Crippen molar-refractivity contribution in [3.63, 3.8) is 0 Å². The molecule has 13 heteroatoms. The van der Waals surface area contributed by atoms with Gasteiger partial charge in [0.25, 0.3) is 0 Å². The van der Waals surface area contributed by atoms with Crippen molar-refractivity contribution in [1.82, 2.24) is 19.5 Å². The van der Waals surface area contributed by atoms with Crippen molar-refractivity contribution in [2.75, 3.05) is 19.0 Å². The number of anilines is 1. The van der Waals surface area contributed by atoms with Gasteiger partial charge in [-0.3, -0.25) is 19.0 Å². The van der Waals surface area contributed by atoms with Gasteiger partial charge in [0.1, 0.15) is 12.7 Å². The first-order valence-corrected chi connectivity index (χ1v) is 10.00. The van der Waals surface area contributed by atoms with E-state index in [1.807, 2.05) is 22.6 Å². The third-order valence-electron chi connectivity index (χ3n) is 4.25. The van der Waals surface area contributed by atoms with E-state index in [9.17, 15) is 14.4 Å². The lowest BCUT2D eigenvalue weighted by Crippen LogP contribution is -2.40. The van der Waals surface area contributed by atoms with Crippen molar-refractivity contribution < 1.29 is 33.3 Å². The Morgan fingerprint density at radius 3 is 2.40 bits per heavy atom. The fourth-order valence-corrected chi connectivity index (χ4v) is 3.64. The fourth-order valence-electron chi connectivity index (χ4n) is 3.17. The largest absolute Gasteiger partial charge is 0.463 e. The Morgan fingerprint density at radius 1 is 1.13 bits per heavy atom. The van der Waals surface area contributed by atoms with Gasteiger partial charge in [0.2, 0.25) is 0 Å². The van der Waals surface area contributed by atoms with E-state index in [2.05, 4.69) is 20.3 Å². The number of hydrogen-bond donors (Lipinski definition) is 1. The maximum atomic E-state index is 11.8. The average molecular weight is 533 g/mol. The first kappa shape index (κ1) is 22.1. The summed E-state index contributed by atoms with van der Waals surface area (Å²) in [4.78, 5) is 47.7. The Bertz CT molecular complexity index is 981. The summed E-state index contributed by atoms with van der Waals surface area (Å²) >= 11 is 1.97. The first-order valence-electron chi connectivity index (χ1n) is 8.92. The number of nitrogens with zero attached hydrogens (tertiary/aromatic N) is 4. The van der Waals surface area contributed by atoms with Crippen LogP contribution in [0.5, 0.6) is 0 Å². The molecule has 3 heterocycles. The standard InChI is InChI=1S/C17H20IN5O7/c1-7(24)27-5-10-12(28-8(2)25)13(29-9(3)26)16(30-10)23-6-20-11-14(19-4)21-17(18)22-15(11)23/h6,10,12-13,16H,5H2,1-4H3,(H,19,21,22)/t10-,12-,13-,16-/m1/s1. The molecule has 162 valence electrons. The quantitative estimate of drug-likeness (QED) is 0.244. The SMILES string of the molecule is CNc1nc(I)nc2c1ncn2[C@@H]1O[C@H](COC(C)=O)[C@@H](OC(C)=O)[C@H]1OC(C)=O. The van der Waals surface area contributed by atoms with Crippen LogP contribution in [0.1, 0.15) is 27.0 Å². The molecule has 0 spiro atoms. The summed E-state index contributed by atoms with van der Waals surface area (Å²) in [7, 11) is 1.70. The Hall–Kier alpha value is -2.55. The minimum absolute atomic E-state index is 0.192. The molecule has 2 aromatic heterocycles. The fraction of sp³-hybridized carbons (Fsp3) is 0.529. The van der Waals surface area contributed by atoms with Gasteiger partial charge in [0.05, 0.1) is 6.33 Å². The molecule has 0 saturated carbocycles. The minimum Gasteiger partial charge on any atom is -0.463 e. The van der Waals surface area contributed by atoms with E-state index in [4.69, 9.17) is 18.9 Å². The number of aromatic nitrogens is 4. The molecule has 3 rings (SSSR count). The van der Waals surface area contributed by atoms with Crippen molar-refractivity contribution in [2.24, 2.45) is 0 Å². The van der Waals surface area contributed by atoms with Gasteiger partial charge < -0.3 is 24.3 Å². The van der Waals surface area contributed by atoms with Crippen molar-refractivity contribution in [1.29, 1.82) is 0 Å². The molecule has 12 nitrogen and oxygen atoms in total. The molecule has 1 aliphatic heterocycles. The van der Waals surface area contributed by atoms with E-state index in [0.29, 0.717) is 20.8 Å². The molecular formula is C17H20IN5O7. The zero-order valence-corrected chi connectivity index (χ0v) is 18.8. The lowest BCUT2D eigenvalue weighted by Gasteiger charge is -2.23. The zero-order chi connectivity index (χ0) is 22.0. The highest BCUT2D eigenvalue weighted by molar-refractivity contribution is 14.1. The summed E-state index contributed by atoms with van der Waals surface area (Å²) in [6, 6.07) is 0. The summed E-state index contributed by atoms with van der Waals surface area (Å²) in [6.45, 7) is 3.51. The topological polar surface area (TPSA) is 144 Å². The van der Waals surface area contributed by atoms with E-state index < -0.39 is 42.4 Å². The summed E-state index contributed by atoms with van der Waals surface area (Å²) in [6.07, 6.45) is -2.35.